The van der Waals surface area contributed by atoms with Crippen molar-refractivity contribution in [2.45, 2.75) is 32.2 Å². The third-order valence-electron chi connectivity index (χ3n) is 5.07. The fourth-order valence-corrected chi connectivity index (χ4v) is 3.39. The molecule has 156 valence electrons. The van der Waals surface area contributed by atoms with E-state index in [1.807, 2.05) is 60.4 Å². The van der Waals surface area contributed by atoms with Crippen molar-refractivity contribution in [3.05, 3.63) is 59.7 Å². The Balaban J connectivity index is 1.42. The summed E-state index contributed by atoms with van der Waals surface area (Å²) < 4.78 is 5.34. The molecule has 0 spiro atoms. The van der Waals surface area contributed by atoms with Gasteiger partial charge in [0.25, 0.3) is 0 Å². The molecule has 2 N–H and O–H groups in total. The highest BCUT2D eigenvalue weighted by molar-refractivity contribution is 5.95. The average Bonchev–Trinajstić information content (AvgIpc) is 3.19. The molecule has 0 bridgehead atoms. The average molecular weight is 405 g/mol. The molecule has 1 heterocycles. The Bertz CT molecular complexity index is 901. The van der Waals surface area contributed by atoms with Gasteiger partial charge in [-0.15, -0.1) is 6.42 Å². The number of benzene rings is 2. The minimum atomic E-state index is -0.213. The molecule has 1 aliphatic rings. The van der Waals surface area contributed by atoms with E-state index in [0.29, 0.717) is 13.0 Å². The number of hydrogen-bond acceptors (Lipinski definition) is 3. The van der Waals surface area contributed by atoms with Crippen LogP contribution in [0.15, 0.2) is 48.5 Å². The molecule has 3 rings (SSSR count). The maximum absolute atomic E-state index is 12.2. The number of rotatable bonds is 8. The van der Waals surface area contributed by atoms with Crippen molar-refractivity contribution in [2.24, 2.45) is 0 Å². The fraction of sp³-hybridized carbons (Fsp3) is 0.333. The molecular formula is C24H27N3O3. The third kappa shape index (κ3) is 5.77. The predicted octanol–water partition coefficient (Wildman–Crippen LogP) is 3.43. The van der Waals surface area contributed by atoms with Crippen molar-refractivity contribution in [2.75, 3.05) is 24.6 Å². The molecule has 1 unspecified atom stereocenters. The SMILES string of the molecule is C#CCOc1ccc(CCNC(=O)NC(C)c2ccc(N3CCCC3=O)cc2)cc1. The summed E-state index contributed by atoms with van der Waals surface area (Å²) in [6, 6.07) is 15.1. The molecule has 2 aromatic rings. The molecule has 30 heavy (non-hydrogen) atoms. The van der Waals surface area contributed by atoms with E-state index in [0.717, 1.165) is 42.0 Å². The summed E-state index contributed by atoms with van der Waals surface area (Å²) in [5.74, 6) is 3.33. The van der Waals surface area contributed by atoms with E-state index >= 15 is 0 Å². The second-order valence-corrected chi connectivity index (χ2v) is 7.25. The number of nitrogens with one attached hydrogen (secondary N) is 2. The summed E-state index contributed by atoms with van der Waals surface area (Å²) >= 11 is 0. The van der Waals surface area contributed by atoms with Crippen LogP contribution >= 0.6 is 0 Å². The van der Waals surface area contributed by atoms with Crippen molar-refractivity contribution in [1.29, 1.82) is 0 Å². The smallest absolute Gasteiger partial charge is 0.315 e. The number of hydrogen-bond donors (Lipinski definition) is 2. The van der Waals surface area contributed by atoms with E-state index in [2.05, 4.69) is 16.6 Å². The van der Waals surface area contributed by atoms with E-state index in [9.17, 15) is 9.59 Å². The Morgan fingerprint density at radius 1 is 1.20 bits per heavy atom. The van der Waals surface area contributed by atoms with E-state index in [1.54, 1.807) is 0 Å². The first-order valence-corrected chi connectivity index (χ1v) is 10.2. The van der Waals surface area contributed by atoms with Gasteiger partial charge in [0, 0.05) is 25.2 Å². The molecule has 0 radical (unpaired) electrons. The minimum Gasteiger partial charge on any atom is -0.481 e. The van der Waals surface area contributed by atoms with Crippen LogP contribution in [0.2, 0.25) is 0 Å². The van der Waals surface area contributed by atoms with Gasteiger partial charge in [-0.2, -0.15) is 0 Å². The molecule has 3 amide bonds. The number of amides is 3. The number of urea groups is 1. The Labute approximate surface area is 177 Å². The van der Waals surface area contributed by atoms with E-state index in [-0.39, 0.29) is 24.6 Å². The van der Waals surface area contributed by atoms with Crippen LogP contribution in [0.1, 0.15) is 36.9 Å². The van der Waals surface area contributed by atoms with Gasteiger partial charge in [0.05, 0.1) is 6.04 Å². The van der Waals surface area contributed by atoms with Crippen LogP contribution < -0.4 is 20.3 Å². The second-order valence-electron chi connectivity index (χ2n) is 7.25. The van der Waals surface area contributed by atoms with Crippen LogP contribution in [-0.2, 0) is 11.2 Å². The molecule has 0 aliphatic carbocycles. The van der Waals surface area contributed by atoms with Crippen molar-refractivity contribution in [3.8, 4) is 18.1 Å². The molecule has 1 fully saturated rings. The number of ether oxygens (including phenoxy) is 1. The highest BCUT2D eigenvalue weighted by Gasteiger charge is 2.21. The van der Waals surface area contributed by atoms with Gasteiger partial charge in [-0.3, -0.25) is 4.79 Å². The van der Waals surface area contributed by atoms with E-state index in [4.69, 9.17) is 11.2 Å². The minimum absolute atomic E-state index is 0.138. The molecule has 2 aromatic carbocycles. The molecule has 6 heteroatoms. The summed E-state index contributed by atoms with van der Waals surface area (Å²) in [4.78, 5) is 25.9. The topological polar surface area (TPSA) is 70.7 Å². The van der Waals surface area contributed by atoms with Crippen LogP contribution in [0, 0.1) is 12.3 Å². The lowest BCUT2D eigenvalue weighted by molar-refractivity contribution is -0.117. The van der Waals surface area contributed by atoms with Crippen LogP contribution in [-0.4, -0.2) is 31.6 Å². The van der Waals surface area contributed by atoms with Crippen LogP contribution in [0.3, 0.4) is 0 Å². The number of carbonyl (C=O) groups excluding carboxylic acids is 2. The van der Waals surface area contributed by atoms with Gasteiger partial charge in [-0.05, 0) is 55.2 Å². The highest BCUT2D eigenvalue weighted by atomic mass is 16.5. The lowest BCUT2D eigenvalue weighted by Crippen LogP contribution is -2.38. The third-order valence-corrected chi connectivity index (χ3v) is 5.07. The Morgan fingerprint density at radius 2 is 1.93 bits per heavy atom. The zero-order valence-electron chi connectivity index (χ0n) is 17.2. The van der Waals surface area contributed by atoms with Crippen molar-refractivity contribution in [1.82, 2.24) is 10.6 Å². The number of terminal acetylenes is 1. The van der Waals surface area contributed by atoms with Gasteiger partial charge in [0.15, 0.2) is 0 Å². The second kappa shape index (κ2) is 10.4. The van der Waals surface area contributed by atoms with E-state index in [1.165, 1.54) is 0 Å². The first-order valence-electron chi connectivity index (χ1n) is 10.2. The van der Waals surface area contributed by atoms with Gasteiger partial charge in [-0.1, -0.05) is 30.2 Å². The van der Waals surface area contributed by atoms with Crippen molar-refractivity contribution in [3.63, 3.8) is 0 Å². The maximum atomic E-state index is 12.2. The van der Waals surface area contributed by atoms with Gasteiger partial charge in [-0.25, -0.2) is 4.79 Å². The van der Waals surface area contributed by atoms with Gasteiger partial charge in [0.1, 0.15) is 12.4 Å². The van der Waals surface area contributed by atoms with Gasteiger partial charge < -0.3 is 20.3 Å². The normalized spacial score (nSPS) is 14.1. The molecule has 0 aromatic heterocycles. The predicted molar refractivity (Wildman–Crippen MR) is 117 cm³/mol. The maximum Gasteiger partial charge on any atom is 0.315 e. The molecule has 0 saturated carbocycles. The lowest BCUT2D eigenvalue weighted by atomic mass is 10.1. The van der Waals surface area contributed by atoms with Gasteiger partial charge in [0.2, 0.25) is 5.91 Å². The summed E-state index contributed by atoms with van der Waals surface area (Å²) in [6.45, 7) is 3.48. The molecule has 6 nitrogen and oxygen atoms in total. The first-order chi connectivity index (χ1) is 14.6. The zero-order chi connectivity index (χ0) is 21.3. The largest absolute Gasteiger partial charge is 0.481 e. The van der Waals surface area contributed by atoms with Gasteiger partial charge >= 0.3 is 6.03 Å². The zero-order valence-corrected chi connectivity index (χ0v) is 17.2. The number of carbonyl (C=O) groups is 2. The van der Waals surface area contributed by atoms with Crippen LogP contribution in [0.5, 0.6) is 5.75 Å². The highest BCUT2D eigenvalue weighted by Crippen LogP contribution is 2.23. The molecule has 1 atom stereocenters. The van der Waals surface area contributed by atoms with Crippen LogP contribution in [0.25, 0.3) is 0 Å². The summed E-state index contributed by atoms with van der Waals surface area (Å²) in [7, 11) is 0. The molecule has 1 saturated heterocycles. The molecular weight excluding hydrogens is 378 g/mol. The quantitative estimate of drug-likeness (QED) is 0.661. The monoisotopic (exact) mass is 405 g/mol. The standard InChI is InChI=1S/C24H27N3O3/c1-3-17-30-22-12-6-19(7-13-22)14-15-25-24(29)26-18(2)20-8-10-21(11-9-20)27-16-4-5-23(27)28/h1,6-13,18H,4-5,14-17H2,2H3,(H2,25,26,29). The first kappa shape index (κ1) is 21.3. The summed E-state index contributed by atoms with van der Waals surface area (Å²) in [5, 5.41) is 5.83. The fourth-order valence-electron chi connectivity index (χ4n) is 3.39. The Kier molecular flexibility index (Phi) is 7.34. The Morgan fingerprint density at radius 3 is 2.57 bits per heavy atom. The summed E-state index contributed by atoms with van der Waals surface area (Å²) in [5.41, 5.74) is 3.00. The number of anilines is 1. The van der Waals surface area contributed by atoms with E-state index < -0.39 is 0 Å². The Hall–Kier alpha value is -3.46. The van der Waals surface area contributed by atoms with Crippen molar-refractivity contribution < 1.29 is 14.3 Å². The van der Waals surface area contributed by atoms with Crippen LogP contribution in [0.4, 0.5) is 10.5 Å². The summed E-state index contributed by atoms with van der Waals surface area (Å²) in [6.07, 6.45) is 7.41. The lowest BCUT2D eigenvalue weighted by Gasteiger charge is -2.18. The molecule has 1 aliphatic heterocycles. The van der Waals surface area contributed by atoms with Crippen molar-refractivity contribution >= 4 is 17.6 Å². The number of nitrogens with zero attached hydrogens (tertiary/aromatic N) is 1.